The predicted molar refractivity (Wildman–Crippen MR) is 133 cm³/mol. The number of hydrogen-bond donors (Lipinski definition) is 2. The summed E-state index contributed by atoms with van der Waals surface area (Å²) in [6, 6.07) is 12.6. The first-order chi connectivity index (χ1) is 15.4. The van der Waals surface area contributed by atoms with Crippen molar-refractivity contribution in [3.05, 3.63) is 69.7 Å². The summed E-state index contributed by atoms with van der Waals surface area (Å²) < 4.78 is 28.0. The average molecular weight is 487 g/mol. The quantitative estimate of drug-likeness (QED) is 0.456. The number of rotatable bonds is 8. The van der Waals surface area contributed by atoms with Crippen LogP contribution in [-0.2, 0) is 28.3 Å². The molecule has 176 valence electrons. The Balaban J connectivity index is 1.70. The second-order valence-electron chi connectivity index (χ2n) is 8.97. The zero-order valence-corrected chi connectivity index (χ0v) is 21.2. The minimum atomic E-state index is -3.83. The maximum atomic E-state index is 12.7. The smallest absolute Gasteiger partial charge is 0.336 e. The molecule has 0 aliphatic carbocycles. The van der Waals surface area contributed by atoms with E-state index in [0.29, 0.717) is 18.4 Å². The molecule has 1 aromatic heterocycles. The molecule has 33 heavy (non-hydrogen) atoms. The van der Waals surface area contributed by atoms with Crippen LogP contribution < -0.4 is 4.72 Å². The second-order valence-corrected chi connectivity index (χ2v) is 11.9. The topological polar surface area (TPSA) is 96.4 Å². The Morgan fingerprint density at radius 2 is 1.79 bits per heavy atom. The van der Waals surface area contributed by atoms with Gasteiger partial charge in [-0.25, -0.2) is 22.9 Å². The number of carbonyl (C=O) groups is 1. The Morgan fingerprint density at radius 3 is 2.36 bits per heavy atom. The molecule has 0 bridgehead atoms. The Kier molecular flexibility index (Phi) is 7.41. The molecule has 0 amide bonds. The number of carboxylic acid groups (broad SMARTS) is 1. The molecule has 2 N–H and O–H groups in total. The van der Waals surface area contributed by atoms with Gasteiger partial charge >= 0.3 is 5.97 Å². The summed E-state index contributed by atoms with van der Waals surface area (Å²) in [5.74, 6) is -1.13. The van der Waals surface area contributed by atoms with Gasteiger partial charge in [-0.2, -0.15) is 0 Å². The number of nitrogens with zero attached hydrogens (tertiary/aromatic N) is 1. The SMILES string of the molecule is CCc1ccc(S(=O)(=O)NCCc2nc(-c3ccc(C(C)(C)C)cc3)sc2C)cc1C(=O)O. The van der Waals surface area contributed by atoms with Crippen molar-refractivity contribution in [2.75, 3.05) is 6.54 Å². The molecule has 0 aliphatic rings. The van der Waals surface area contributed by atoms with Crippen LogP contribution in [0.3, 0.4) is 0 Å². The van der Waals surface area contributed by atoms with Crippen LogP contribution in [0.4, 0.5) is 0 Å². The van der Waals surface area contributed by atoms with E-state index in [9.17, 15) is 18.3 Å². The molecule has 0 fully saturated rings. The standard InChI is InChI=1S/C25H30N2O4S2/c1-6-17-9-12-20(15-21(17)24(28)29)33(30,31)26-14-13-22-16(2)32-23(27-22)18-7-10-19(11-8-18)25(3,4)5/h7-12,15,26H,6,13-14H2,1-5H3,(H,28,29). The fourth-order valence-electron chi connectivity index (χ4n) is 3.51. The number of hydrogen-bond acceptors (Lipinski definition) is 5. The lowest BCUT2D eigenvalue weighted by Gasteiger charge is -2.18. The van der Waals surface area contributed by atoms with E-state index in [0.717, 1.165) is 21.1 Å². The van der Waals surface area contributed by atoms with Gasteiger partial charge < -0.3 is 5.11 Å². The van der Waals surface area contributed by atoms with Gasteiger partial charge in [-0.1, -0.05) is 58.0 Å². The third-order valence-corrected chi connectivity index (χ3v) is 8.07. The van der Waals surface area contributed by atoms with Gasteiger partial charge in [0, 0.05) is 23.4 Å². The van der Waals surface area contributed by atoms with Gasteiger partial charge in [0.25, 0.3) is 0 Å². The monoisotopic (exact) mass is 486 g/mol. The normalized spacial score (nSPS) is 12.2. The van der Waals surface area contributed by atoms with E-state index < -0.39 is 16.0 Å². The van der Waals surface area contributed by atoms with Gasteiger partial charge in [0.2, 0.25) is 10.0 Å². The van der Waals surface area contributed by atoms with Crippen molar-refractivity contribution < 1.29 is 18.3 Å². The van der Waals surface area contributed by atoms with Crippen molar-refractivity contribution in [2.24, 2.45) is 0 Å². The van der Waals surface area contributed by atoms with Crippen LogP contribution in [0, 0.1) is 6.92 Å². The Labute approximate surface area is 199 Å². The van der Waals surface area contributed by atoms with E-state index in [1.165, 1.54) is 17.7 Å². The minimum absolute atomic E-state index is 0.0119. The maximum absolute atomic E-state index is 12.7. The Hall–Kier alpha value is -2.55. The van der Waals surface area contributed by atoms with Crippen LogP contribution in [-0.4, -0.2) is 31.0 Å². The van der Waals surface area contributed by atoms with E-state index in [1.807, 2.05) is 13.8 Å². The molecule has 1 heterocycles. The molecular weight excluding hydrogens is 456 g/mol. The predicted octanol–water partition coefficient (Wildman–Crippen LogP) is 5.20. The molecule has 3 rings (SSSR count). The molecule has 6 nitrogen and oxygen atoms in total. The minimum Gasteiger partial charge on any atom is -0.478 e. The van der Waals surface area contributed by atoms with E-state index >= 15 is 0 Å². The van der Waals surface area contributed by atoms with Crippen molar-refractivity contribution in [3.8, 4) is 10.6 Å². The van der Waals surface area contributed by atoms with E-state index in [-0.39, 0.29) is 22.4 Å². The van der Waals surface area contributed by atoms with Gasteiger partial charge in [0.15, 0.2) is 0 Å². The lowest BCUT2D eigenvalue weighted by Crippen LogP contribution is -2.26. The molecule has 2 aromatic carbocycles. The molecule has 0 unspecified atom stereocenters. The van der Waals surface area contributed by atoms with Gasteiger partial charge in [-0.3, -0.25) is 0 Å². The van der Waals surface area contributed by atoms with Gasteiger partial charge in [0.1, 0.15) is 5.01 Å². The van der Waals surface area contributed by atoms with Crippen LogP contribution in [0.15, 0.2) is 47.4 Å². The molecule has 0 spiro atoms. The summed E-state index contributed by atoms with van der Waals surface area (Å²) in [6.07, 6.45) is 0.959. The maximum Gasteiger partial charge on any atom is 0.336 e. The lowest BCUT2D eigenvalue weighted by atomic mass is 9.87. The molecule has 0 saturated heterocycles. The third kappa shape index (κ3) is 5.88. The summed E-state index contributed by atoms with van der Waals surface area (Å²) in [6.45, 7) is 10.5. The lowest BCUT2D eigenvalue weighted by molar-refractivity contribution is 0.0695. The van der Waals surface area contributed by atoms with E-state index in [4.69, 9.17) is 4.98 Å². The number of aryl methyl sites for hydroxylation is 2. The fourth-order valence-corrected chi connectivity index (χ4v) is 5.54. The average Bonchev–Trinajstić information content (AvgIpc) is 3.13. The van der Waals surface area contributed by atoms with Crippen LogP contribution in [0.2, 0.25) is 0 Å². The number of benzene rings is 2. The van der Waals surface area contributed by atoms with Crippen molar-refractivity contribution in [1.82, 2.24) is 9.71 Å². The van der Waals surface area contributed by atoms with Gasteiger partial charge in [-0.05, 0) is 42.0 Å². The van der Waals surface area contributed by atoms with E-state index in [2.05, 4.69) is 49.8 Å². The number of thiazole rings is 1. The summed E-state index contributed by atoms with van der Waals surface area (Å²) in [7, 11) is -3.83. The highest BCUT2D eigenvalue weighted by Crippen LogP contribution is 2.30. The Morgan fingerprint density at radius 1 is 1.12 bits per heavy atom. The van der Waals surface area contributed by atoms with Crippen LogP contribution in [0.1, 0.15) is 59.8 Å². The summed E-state index contributed by atoms with van der Waals surface area (Å²) in [5.41, 5.74) is 3.85. The molecule has 8 heteroatoms. The first-order valence-electron chi connectivity index (χ1n) is 10.9. The zero-order valence-electron chi connectivity index (χ0n) is 19.6. The molecule has 0 radical (unpaired) electrons. The first-order valence-corrected chi connectivity index (χ1v) is 13.2. The molecule has 0 aliphatic heterocycles. The summed E-state index contributed by atoms with van der Waals surface area (Å²) >= 11 is 1.59. The highest BCUT2D eigenvalue weighted by atomic mass is 32.2. The van der Waals surface area contributed by atoms with Crippen molar-refractivity contribution in [3.63, 3.8) is 0 Å². The number of nitrogens with one attached hydrogen (secondary N) is 1. The largest absolute Gasteiger partial charge is 0.478 e. The zero-order chi connectivity index (χ0) is 24.4. The first kappa shape index (κ1) is 25.1. The third-order valence-electron chi connectivity index (χ3n) is 5.55. The summed E-state index contributed by atoms with van der Waals surface area (Å²) in [4.78, 5) is 17.2. The van der Waals surface area contributed by atoms with E-state index in [1.54, 1.807) is 17.4 Å². The van der Waals surface area contributed by atoms with Crippen LogP contribution in [0.25, 0.3) is 10.6 Å². The van der Waals surface area contributed by atoms with Crippen molar-refractivity contribution >= 4 is 27.3 Å². The van der Waals surface area contributed by atoms with Crippen molar-refractivity contribution in [2.45, 2.75) is 57.8 Å². The van der Waals surface area contributed by atoms with Crippen LogP contribution in [0.5, 0.6) is 0 Å². The highest BCUT2D eigenvalue weighted by Gasteiger charge is 2.19. The molecular formula is C25H30N2O4S2. The Bertz CT molecular complexity index is 1250. The number of aromatic nitrogens is 1. The van der Waals surface area contributed by atoms with Gasteiger partial charge in [0.05, 0.1) is 16.2 Å². The number of aromatic carboxylic acids is 1. The molecule has 3 aromatic rings. The molecule has 0 atom stereocenters. The second kappa shape index (κ2) is 9.75. The highest BCUT2D eigenvalue weighted by molar-refractivity contribution is 7.89. The molecule has 0 saturated carbocycles. The fraction of sp³-hybridized carbons (Fsp3) is 0.360. The van der Waals surface area contributed by atoms with Gasteiger partial charge in [-0.15, -0.1) is 11.3 Å². The van der Waals surface area contributed by atoms with Crippen molar-refractivity contribution in [1.29, 1.82) is 0 Å². The number of carboxylic acids is 1. The van der Waals surface area contributed by atoms with Crippen LogP contribution >= 0.6 is 11.3 Å². The number of sulfonamides is 1. The summed E-state index contributed by atoms with van der Waals surface area (Å²) in [5, 5.41) is 10.3.